The van der Waals surface area contributed by atoms with Crippen LogP contribution >= 0.6 is 15.9 Å². The van der Waals surface area contributed by atoms with Crippen LogP contribution in [-0.4, -0.2) is 44.0 Å². The minimum absolute atomic E-state index is 0.118. The summed E-state index contributed by atoms with van der Waals surface area (Å²) in [6.07, 6.45) is 1.97. The van der Waals surface area contributed by atoms with Crippen LogP contribution in [0.1, 0.15) is 12.7 Å². The smallest absolute Gasteiger partial charge is 0.149 e. The van der Waals surface area contributed by atoms with Crippen molar-refractivity contribution in [2.45, 2.75) is 13.3 Å². The highest BCUT2D eigenvalue weighted by molar-refractivity contribution is 9.10. The molecule has 0 N–H and O–H groups in total. The van der Waals surface area contributed by atoms with E-state index in [0.717, 1.165) is 18.1 Å². The zero-order valence-corrected chi connectivity index (χ0v) is 12.5. The molecule has 0 saturated heterocycles. The fraction of sp³-hybridized carbons (Fsp3) is 0.600. The minimum Gasteiger partial charge on any atom is -0.359 e. The molecule has 1 heterocycles. The van der Waals surface area contributed by atoms with Gasteiger partial charge in [0.2, 0.25) is 0 Å². The molecule has 0 unspecified atom stereocenters. The highest BCUT2D eigenvalue weighted by Gasteiger charge is 2.09. The summed E-state index contributed by atoms with van der Waals surface area (Å²) in [5.74, 6) is 1.58. The average Bonchev–Trinajstić information content (AvgIpc) is 2.23. The van der Waals surface area contributed by atoms with E-state index in [4.69, 9.17) is 0 Å². The second-order valence-electron chi connectivity index (χ2n) is 3.87. The SMILES string of the molecule is CCc1nc(Br)cc(N(C)CCS(C)(=O)=O)n1. The standard InChI is InChI=1S/C10H16BrN3O2S/c1-4-9-12-8(11)7-10(13-9)14(2)5-6-17(3,15)16/h7H,4-6H2,1-3H3. The number of aryl methyl sites for hydroxylation is 1. The van der Waals surface area contributed by atoms with Gasteiger partial charge in [0.15, 0.2) is 0 Å². The first kappa shape index (κ1) is 14.4. The maximum Gasteiger partial charge on any atom is 0.149 e. The molecule has 0 aliphatic carbocycles. The van der Waals surface area contributed by atoms with Crippen LogP contribution < -0.4 is 4.90 Å². The lowest BCUT2D eigenvalue weighted by Crippen LogP contribution is -2.26. The van der Waals surface area contributed by atoms with Gasteiger partial charge in [-0.05, 0) is 15.9 Å². The third kappa shape index (κ3) is 4.99. The number of sulfone groups is 1. The summed E-state index contributed by atoms with van der Waals surface area (Å²) in [5, 5.41) is 0. The number of aromatic nitrogens is 2. The average molecular weight is 322 g/mol. The molecule has 17 heavy (non-hydrogen) atoms. The lowest BCUT2D eigenvalue weighted by Gasteiger charge is -2.18. The first-order chi connectivity index (χ1) is 7.81. The lowest BCUT2D eigenvalue weighted by molar-refractivity contribution is 0.601. The molecule has 7 heteroatoms. The van der Waals surface area contributed by atoms with Crippen LogP contribution in [0, 0.1) is 0 Å². The molecule has 0 bridgehead atoms. The molecule has 0 aliphatic heterocycles. The van der Waals surface area contributed by atoms with Crippen LogP contribution in [0.2, 0.25) is 0 Å². The predicted molar refractivity (Wildman–Crippen MR) is 72.1 cm³/mol. The van der Waals surface area contributed by atoms with Crippen molar-refractivity contribution in [1.82, 2.24) is 9.97 Å². The van der Waals surface area contributed by atoms with Gasteiger partial charge in [0.1, 0.15) is 26.1 Å². The third-order valence-electron chi connectivity index (χ3n) is 2.23. The Morgan fingerprint density at radius 3 is 2.59 bits per heavy atom. The van der Waals surface area contributed by atoms with E-state index in [0.29, 0.717) is 11.1 Å². The fourth-order valence-corrected chi connectivity index (χ4v) is 2.24. The molecule has 0 saturated carbocycles. The number of hydrogen-bond acceptors (Lipinski definition) is 5. The Bertz CT molecular complexity index is 490. The van der Waals surface area contributed by atoms with Crippen LogP contribution in [0.25, 0.3) is 0 Å². The van der Waals surface area contributed by atoms with Crippen LogP contribution in [-0.2, 0) is 16.3 Å². The molecule has 1 rings (SSSR count). The number of nitrogens with zero attached hydrogens (tertiary/aromatic N) is 3. The van der Waals surface area contributed by atoms with E-state index in [9.17, 15) is 8.42 Å². The molecule has 0 radical (unpaired) electrons. The fourth-order valence-electron chi connectivity index (χ4n) is 1.22. The molecule has 96 valence electrons. The molecule has 0 amide bonds. The summed E-state index contributed by atoms with van der Waals surface area (Å²) in [6, 6.07) is 1.78. The lowest BCUT2D eigenvalue weighted by atomic mass is 10.4. The van der Waals surface area contributed by atoms with Crippen molar-refractivity contribution in [3.8, 4) is 0 Å². The van der Waals surface area contributed by atoms with Gasteiger partial charge in [-0.15, -0.1) is 0 Å². The molecule has 1 aromatic heterocycles. The van der Waals surface area contributed by atoms with Crippen LogP contribution in [0.5, 0.6) is 0 Å². The summed E-state index contributed by atoms with van der Waals surface area (Å²) in [5.41, 5.74) is 0. The summed E-state index contributed by atoms with van der Waals surface area (Å²) in [7, 11) is -1.13. The zero-order valence-electron chi connectivity index (χ0n) is 10.1. The summed E-state index contributed by atoms with van der Waals surface area (Å²) >= 11 is 3.32. The van der Waals surface area contributed by atoms with Gasteiger partial charge < -0.3 is 4.90 Å². The Morgan fingerprint density at radius 1 is 1.41 bits per heavy atom. The summed E-state index contributed by atoms with van der Waals surface area (Å²) in [4.78, 5) is 10.4. The molecular weight excluding hydrogens is 306 g/mol. The molecule has 1 aromatic rings. The first-order valence-corrected chi connectivity index (χ1v) is 8.09. The van der Waals surface area contributed by atoms with Gasteiger partial charge in [-0.2, -0.15) is 0 Å². The molecular formula is C10H16BrN3O2S. The molecule has 0 spiro atoms. The van der Waals surface area contributed by atoms with Gasteiger partial charge in [0, 0.05) is 32.3 Å². The van der Waals surface area contributed by atoms with Crippen molar-refractivity contribution < 1.29 is 8.42 Å². The maximum atomic E-state index is 11.1. The molecule has 0 aromatic carbocycles. The molecule has 0 atom stereocenters. The van der Waals surface area contributed by atoms with Crippen molar-refractivity contribution in [2.75, 3.05) is 30.5 Å². The Hall–Kier alpha value is -0.690. The summed E-state index contributed by atoms with van der Waals surface area (Å²) in [6.45, 7) is 2.40. The normalized spacial score (nSPS) is 11.5. The van der Waals surface area contributed by atoms with Crippen molar-refractivity contribution in [2.24, 2.45) is 0 Å². The highest BCUT2D eigenvalue weighted by atomic mass is 79.9. The Kier molecular flexibility index (Phi) is 4.88. The van der Waals surface area contributed by atoms with Crippen LogP contribution in [0.3, 0.4) is 0 Å². The van der Waals surface area contributed by atoms with Gasteiger partial charge in [0.05, 0.1) is 5.75 Å². The van der Waals surface area contributed by atoms with Crippen molar-refractivity contribution in [3.63, 3.8) is 0 Å². The van der Waals surface area contributed by atoms with E-state index in [1.54, 1.807) is 6.07 Å². The molecule has 0 fully saturated rings. The van der Waals surface area contributed by atoms with E-state index in [2.05, 4.69) is 25.9 Å². The largest absolute Gasteiger partial charge is 0.359 e. The maximum absolute atomic E-state index is 11.1. The quantitative estimate of drug-likeness (QED) is 0.764. The zero-order chi connectivity index (χ0) is 13.1. The molecule has 0 aliphatic rings. The number of hydrogen-bond donors (Lipinski definition) is 0. The second-order valence-corrected chi connectivity index (χ2v) is 6.94. The number of halogens is 1. The topological polar surface area (TPSA) is 63.2 Å². The second kappa shape index (κ2) is 5.77. The van der Waals surface area contributed by atoms with Gasteiger partial charge >= 0.3 is 0 Å². The van der Waals surface area contributed by atoms with Gasteiger partial charge in [-0.1, -0.05) is 6.92 Å². The van der Waals surface area contributed by atoms with Crippen molar-refractivity contribution in [1.29, 1.82) is 0 Å². The van der Waals surface area contributed by atoms with E-state index >= 15 is 0 Å². The van der Waals surface area contributed by atoms with E-state index in [1.165, 1.54) is 6.26 Å². The highest BCUT2D eigenvalue weighted by Crippen LogP contribution is 2.15. The minimum atomic E-state index is -2.95. The molecule has 5 nitrogen and oxygen atoms in total. The van der Waals surface area contributed by atoms with Gasteiger partial charge in [-0.25, -0.2) is 18.4 Å². The Balaban J connectivity index is 2.81. The van der Waals surface area contributed by atoms with Crippen LogP contribution in [0.4, 0.5) is 5.82 Å². The van der Waals surface area contributed by atoms with Crippen molar-refractivity contribution in [3.05, 3.63) is 16.5 Å². The predicted octanol–water partition coefficient (Wildman–Crippen LogP) is 1.28. The first-order valence-electron chi connectivity index (χ1n) is 5.24. The third-order valence-corrected chi connectivity index (χ3v) is 3.56. The van der Waals surface area contributed by atoms with E-state index < -0.39 is 9.84 Å². The summed E-state index contributed by atoms with van der Waals surface area (Å²) < 4.78 is 22.9. The van der Waals surface area contributed by atoms with Gasteiger partial charge in [0.25, 0.3) is 0 Å². The van der Waals surface area contributed by atoms with Crippen LogP contribution in [0.15, 0.2) is 10.7 Å². The number of rotatable bonds is 5. The Morgan fingerprint density at radius 2 is 2.06 bits per heavy atom. The van der Waals surface area contributed by atoms with E-state index in [-0.39, 0.29) is 5.75 Å². The Labute approximate surface area is 110 Å². The van der Waals surface area contributed by atoms with Crippen molar-refractivity contribution >= 4 is 31.6 Å². The van der Waals surface area contributed by atoms with Gasteiger partial charge in [-0.3, -0.25) is 0 Å². The number of anilines is 1. The van der Waals surface area contributed by atoms with E-state index in [1.807, 2.05) is 18.9 Å². The monoisotopic (exact) mass is 321 g/mol.